The van der Waals surface area contributed by atoms with Gasteiger partial charge in [-0.25, -0.2) is 0 Å². The van der Waals surface area contributed by atoms with Crippen molar-refractivity contribution in [2.45, 2.75) is 25.4 Å². The third-order valence-electron chi connectivity index (χ3n) is 3.28. The summed E-state index contributed by atoms with van der Waals surface area (Å²) < 4.78 is 0. The standard InChI is InChI=1S/C14H19N3/c1-17-7-3-6-14(11-17)16-10-13-5-2-4-12(8-13)9-15/h2,4-5,8,14,16H,3,6-7,10-11H2,1H3. The van der Waals surface area contributed by atoms with Crippen LogP contribution in [-0.2, 0) is 6.54 Å². The number of hydrogen-bond donors (Lipinski definition) is 1. The first-order valence-electron chi connectivity index (χ1n) is 6.19. The van der Waals surface area contributed by atoms with Crippen LogP contribution in [-0.4, -0.2) is 31.1 Å². The number of benzene rings is 1. The van der Waals surface area contributed by atoms with Gasteiger partial charge in [0.1, 0.15) is 0 Å². The minimum atomic E-state index is 0.583. The quantitative estimate of drug-likeness (QED) is 0.858. The molecule has 0 spiro atoms. The van der Waals surface area contributed by atoms with Crippen LogP contribution in [0.2, 0.25) is 0 Å². The average molecular weight is 229 g/mol. The molecular weight excluding hydrogens is 210 g/mol. The molecule has 90 valence electrons. The van der Waals surface area contributed by atoms with Crippen LogP contribution in [0.3, 0.4) is 0 Å². The molecule has 0 amide bonds. The topological polar surface area (TPSA) is 39.1 Å². The van der Waals surface area contributed by atoms with E-state index in [0.29, 0.717) is 6.04 Å². The van der Waals surface area contributed by atoms with Crippen LogP contribution in [0.4, 0.5) is 0 Å². The molecule has 1 unspecified atom stereocenters. The van der Waals surface area contributed by atoms with Gasteiger partial charge in [-0.1, -0.05) is 12.1 Å². The molecule has 1 atom stereocenters. The fourth-order valence-electron chi connectivity index (χ4n) is 2.35. The summed E-state index contributed by atoms with van der Waals surface area (Å²) in [4.78, 5) is 2.37. The smallest absolute Gasteiger partial charge is 0.0991 e. The zero-order valence-electron chi connectivity index (χ0n) is 10.3. The third-order valence-corrected chi connectivity index (χ3v) is 3.28. The molecule has 3 heteroatoms. The summed E-state index contributed by atoms with van der Waals surface area (Å²) in [5.74, 6) is 0. The van der Waals surface area contributed by atoms with Crippen LogP contribution in [0, 0.1) is 11.3 Å². The van der Waals surface area contributed by atoms with E-state index in [-0.39, 0.29) is 0 Å². The van der Waals surface area contributed by atoms with Gasteiger partial charge >= 0.3 is 0 Å². The lowest BCUT2D eigenvalue weighted by atomic mass is 10.1. The highest BCUT2D eigenvalue weighted by molar-refractivity contribution is 5.32. The average Bonchev–Trinajstić information content (AvgIpc) is 2.37. The highest BCUT2D eigenvalue weighted by Crippen LogP contribution is 2.09. The number of likely N-dealkylation sites (tertiary alicyclic amines) is 1. The van der Waals surface area contributed by atoms with Gasteiger partial charge in [0.15, 0.2) is 0 Å². The number of nitrogens with zero attached hydrogens (tertiary/aromatic N) is 2. The van der Waals surface area contributed by atoms with E-state index in [9.17, 15) is 0 Å². The van der Waals surface area contributed by atoms with E-state index in [1.807, 2.05) is 18.2 Å². The Morgan fingerprint density at radius 1 is 1.53 bits per heavy atom. The summed E-state index contributed by atoms with van der Waals surface area (Å²) in [6.07, 6.45) is 2.52. The lowest BCUT2D eigenvalue weighted by Gasteiger charge is -2.30. The first kappa shape index (κ1) is 12.1. The normalized spacial score (nSPS) is 21.1. The zero-order chi connectivity index (χ0) is 12.1. The van der Waals surface area contributed by atoms with E-state index >= 15 is 0 Å². The Morgan fingerprint density at radius 3 is 3.18 bits per heavy atom. The Bertz CT molecular complexity index is 408. The molecule has 1 heterocycles. The second kappa shape index (κ2) is 5.81. The second-order valence-electron chi connectivity index (χ2n) is 4.79. The predicted octanol–water partition coefficient (Wildman–Crippen LogP) is 1.74. The van der Waals surface area contributed by atoms with E-state index in [2.05, 4.69) is 29.4 Å². The molecule has 0 radical (unpaired) electrons. The maximum atomic E-state index is 8.84. The van der Waals surface area contributed by atoms with Gasteiger partial charge in [0, 0.05) is 19.1 Å². The Labute approximate surface area is 103 Å². The molecule has 2 rings (SSSR count). The van der Waals surface area contributed by atoms with Gasteiger partial charge in [0.25, 0.3) is 0 Å². The maximum absolute atomic E-state index is 8.84. The van der Waals surface area contributed by atoms with Crippen LogP contribution in [0.15, 0.2) is 24.3 Å². The van der Waals surface area contributed by atoms with Crippen LogP contribution < -0.4 is 5.32 Å². The van der Waals surface area contributed by atoms with Crippen molar-refractivity contribution in [3.05, 3.63) is 35.4 Å². The van der Waals surface area contributed by atoms with E-state index in [1.165, 1.54) is 24.9 Å². The molecule has 3 nitrogen and oxygen atoms in total. The summed E-state index contributed by atoms with van der Waals surface area (Å²) in [7, 11) is 2.17. The summed E-state index contributed by atoms with van der Waals surface area (Å²) in [5.41, 5.74) is 1.93. The molecule has 1 fully saturated rings. The van der Waals surface area contributed by atoms with Crippen molar-refractivity contribution in [2.24, 2.45) is 0 Å². The Hall–Kier alpha value is -1.37. The van der Waals surface area contributed by atoms with Gasteiger partial charge in [-0.2, -0.15) is 5.26 Å². The lowest BCUT2D eigenvalue weighted by molar-refractivity contribution is 0.226. The highest BCUT2D eigenvalue weighted by atomic mass is 15.1. The molecule has 1 aromatic carbocycles. The number of nitriles is 1. The SMILES string of the molecule is CN1CCCC(NCc2cccc(C#N)c2)C1. The summed E-state index contributed by atoms with van der Waals surface area (Å²) in [6, 6.07) is 10.6. The molecule has 1 aliphatic rings. The predicted molar refractivity (Wildman–Crippen MR) is 68.5 cm³/mol. The van der Waals surface area contributed by atoms with E-state index < -0.39 is 0 Å². The number of hydrogen-bond acceptors (Lipinski definition) is 3. The van der Waals surface area contributed by atoms with Gasteiger partial charge in [0.05, 0.1) is 11.6 Å². The summed E-state index contributed by atoms with van der Waals surface area (Å²) >= 11 is 0. The molecular formula is C14H19N3. The van der Waals surface area contributed by atoms with E-state index in [4.69, 9.17) is 5.26 Å². The van der Waals surface area contributed by atoms with Crippen molar-refractivity contribution in [1.29, 1.82) is 5.26 Å². The van der Waals surface area contributed by atoms with Gasteiger partial charge in [0.2, 0.25) is 0 Å². The van der Waals surface area contributed by atoms with Crippen molar-refractivity contribution >= 4 is 0 Å². The van der Waals surface area contributed by atoms with Crippen molar-refractivity contribution in [1.82, 2.24) is 10.2 Å². The van der Waals surface area contributed by atoms with Crippen molar-refractivity contribution in [3.8, 4) is 6.07 Å². The molecule has 1 aromatic rings. The van der Waals surface area contributed by atoms with Gasteiger partial charge in [-0.3, -0.25) is 0 Å². The van der Waals surface area contributed by atoms with Crippen molar-refractivity contribution in [3.63, 3.8) is 0 Å². The van der Waals surface area contributed by atoms with E-state index in [1.54, 1.807) is 0 Å². The summed E-state index contributed by atoms with van der Waals surface area (Å²) in [6.45, 7) is 3.19. The first-order chi connectivity index (χ1) is 8.28. The highest BCUT2D eigenvalue weighted by Gasteiger charge is 2.15. The largest absolute Gasteiger partial charge is 0.309 e. The lowest BCUT2D eigenvalue weighted by Crippen LogP contribution is -2.43. The molecule has 0 aliphatic carbocycles. The minimum absolute atomic E-state index is 0.583. The molecule has 0 saturated carbocycles. The third kappa shape index (κ3) is 3.55. The van der Waals surface area contributed by atoms with Crippen LogP contribution in [0.25, 0.3) is 0 Å². The molecule has 0 aromatic heterocycles. The Kier molecular flexibility index (Phi) is 4.13. The minimum Gasteiger partial charge on any atom is -0.309 e. The number of rotatable bonds is 3. The molecule has 17 heavy (non-hydrogen) atoms. The monoisotopic (exact) mass is 229 g/mol. The van der Waals surface area contributed by atoms with Crippen molar-refractivity contribution in [2.75, 3.05) is 20.1 Å². The fourth-order valence-corrected chi connectivity index (χ4v) is 2.35. The second-order valence-corrected chi connectivity index (χ2v) is 4.79. The zero-order valence-corrected chi connectivity index (χ0v) is 10.3. The Morgan fingerprint density at radius 2 is 2.41 bits per heavy atom. The van der Waals surface area contributed by atoms with Crippen LogP contribution >= 0.6 is 0 Å². The van der Waals surface area contributed by atoms with E-state index in [0.717, 1.165) is 18.7 Å². The fraction of sp³-hybridized carbons (Fsp3) is 0.500. The molecule has 1 saturated heterocycles. The summed E-state index contributed by atoms with van der Waals surface area (Å²) in [5, 5.41) is 12.4. The number of nitrogens with one attached hydrogen (secondary N) is 1. The van der Waals surface area contributed by atoms with Gasteiger partial charge in [-0.05, 0) is 44.1 Å². The van der Waals surface area contributed by atoms with Gasteiger partial charge in [-0.15, -0.1) is 0 Å². The van der Waals surface area contributed by atoms with Crippen LogP contribution in [0.5, 0.6) is 0 Å². The van der Waals surface area contributed by atoms with Crippen molar-refractivity contribution < 1.29 is 0 Å². The Balaban J connectivity index is 1.87. The number of piperidine rings is 1. The van der Waals surface area contributed by atoms with Crippen LogP contribution in [0.1, 0.15) is 24.0 Å². The molecule has 0 bridgehead atoms. The first-order valence-corrected chi connectivity index (χ1v) is 6.19. The molecule has 1 N–H and O–H groups in total. The number of likely N-dealkylation sites (N-methyl/N-ethyl adjacent to an activating group) is 1. The maximum Gasteiger partial charge on any atom is 0.0991 e. The van der Waals surface area contributed by atoms with Gasteiger partial charge < -0.3 is 10.2 Å². The molecule has 1 aliphatic heterocycles.